The van der Waals surface area contributed by atoms with E-state index >= 15 is 0 Å². The van der Waals surface area contributed by atoms with Crippen molar-refractivity contribution in [3.8, 4) is 0 Å². The molecule has 4 atom stereocenters. The molecule has 2 saturated carbocycles. The Morgan fingerprint density at radius 1 is 1.09 bits per heavy atom. The second-order valence-corrected chi connectivity index (χ2v) is 8.46. The molecule has 2 aliphatic rings. The number of fused-ring (bicyclic) bond motifs is 1. The van der Waals surface area contributed by atoms with E-state index in [0.717, 1.165) is 25.7 Å². The largest absolute Gasteiger partial charge is 0.400 e. The number of benzene rings is 1. The zero-order valence-electron chi connectivity index (χ0n) is 12.7. The minimum absolute atomic E-state index is 0.121. The van der Waals surface area contributed by atoms with E-state index in [-0.39, 0.29) is 12.7 Å². The zero-order chi connectivity index (χ0) is 15.6. The topological polar surface area (TPSA) is 52.6 Å². The van der Waals surface area contributed by atoms with Crippen LogP contribution in [0.25, 0.3) is 0 Å². The molecule has 0 heterocycles. The highest BCUT2D eigenvalue weighted by Gasteiger charge is 2.47. The van der Waals surface area contributed by atoms with Gasteiger partial charge in [0.25, 0.3) is 0 Å². The Hall–Kier alpha value is -0.560. The van der Waals surface area contributed by atoms with Gasteiger partial charge >= 0.3 is 10.4 Å². The van der Waals surface area contributed by atoms with Crippen LogP contribution in [0.2, 0.25) is 0 Å². The molecular weight excluding hydrogens is 320 g/mol. The SMILES string of the molecule is CCOS(=O)(=O)O[C@H]1CC[C@H]2[C@@H]1CC[C@H]2Sc1ccccc1. The van der Waals surface area contributed by atoms with Gasteiger partial charge < -0.3 is 0 Å². The molecule has 0 N–H and O–H groups in total. The molecule has 0 aromatic heterocycles. The van der Waals surface area contributed by atoms with E-state index < -0.39 is 10.4 Å². The molecular formula is C16H22O4S2. The first-order chi connectivity index (χ1) is 10.6. The van der Waals surface area contributed by atoms with Crippen LogP contribution in [0.5, 0.6) is 0 Å². The molecule has 0 bridgehead atoms. The second-order valence-electron chi connectivity index (χ2n) is 5.90. The number of hydrogen-bond acceptors (Lipinski definition) is 5. The summed E-state index contributed by atoms with van der Waals surface area (Å²) in [5.41, 5.74) is 0. The molecule has 22 heavy (non-hydrogen) atoms. The normalized spacial score (nSPS) is 31.3. The Morgan fingerprint density at radius 2 is 1.82 bits per heavy atom. The van der Waals surface area contributed by atoms with Gasteiger partial charge in [0, 0.05) is 10.1 Å². The average molecular weight is 342 g/mol. The molecule has 3 rings (SSSR count). The Labute approximate surface area is 136 Å². The maximum atomic E-state index is 11.7. The fraction of sp³-hybridized carbons (Fsp3) is 0.625. The van der Waals surface area contributed by atoms with Crippen LogP contribution < -0.4 is 0 Å². The first kappa shape index (κ1) is 16.3. The van der Waals surface area contributed by atoms with Gasteiger partial charge in [0.2, 0.25) is 0 Å². The fourth-order valence-electron chi connectivity index (χ4n) is 3.76. The molecule has 2 fully saturated rings. The lowest BCUT2D eigenvalue weighted by atomic mass is 9.99. The van der Waals surface area contributed by atoms with E-state index in [9.17, 15) is 8.42 Å². The predicted octanol–water partition coefficient (Wildman–Crippen LogP) is 3.63. The molecule has 0 amide bonds. The van der Waals surface area contributed by atoms with E-state index in [1.165, 1.54) is 4.90 Å². The van der Waals surface area contributed by atoms with Gasteiger partial charge in [0.15, 0.2) is 0 Å². The van der Waals surface area contributed by atoms with Crippen LogP contribution in [0.1, 0.15) is 32.6 Å². The third-order valence-electron chi connectivity index (χ3n) is 4.61. The minimum atomic E-state index is -3.84. The molecule has 0 unspecified atom stereocenters. The summed E-state index contributed by atoms with van der Waals surface area (Å²) in [5, 5.41) is 0.566. The Kier molecular flexibility index (Phi) is 5.12. The van der Waals surface area contributed by atoms with Crippen LogP contribution in [0.4, 0.5) is 0 Å². The number of hydrogen-bond donors (Lipinski definition) is 0. The highest BCUT2D eigenvalue weighted by molar-refractivity contribution is 8.00. The Morgan fingerprint density at radius 3 is 2.55 bits per heavy atom. The predicted molar refractivity (Wildman–Crippen MR) is 87.0 cm³/mol. The smallest absolute Gasteiger partial charge is 0.248 e. The van der Waals surface area contributed by atoms with Crippen molar-refractivity contribution in [3.63, 3.8) is 0 Å². The summed E-state index contributed by atoms with van der Waals surface area (Å²) in [6.45, 7) is 1.77. The van der Waals surface area contributed by atoms with Gasteiger partial charge in [0.05, 0.1) is 12.7 Å². The first-order valence-electron chi connectivity index (χ1n) is 7.88. The molecule has 0 radical (unpaired) electrons. The van der Waals surface area contributed by atoms with E-state index in [2.05, 4.69) is 24.3 Å². The third-order valence-corrected chi connectivity index (χ3v) is 7.05. The van der Waals surface area contributed by atoms with Crippen LogP contribution in [0.15, 0.2) is 35.2 Å². The van der Waals surface area contributed by atoms with Crippen LogP contribution in [-0.2, 0) is 18.8 Å². The maximum Gasteiger partial charge on any atom is 0.400 e. The van der Waals surface area contributed by atoms with E-state index in [1.807, 2.05) is 17.8 Å². The molecule has 4 nitrogen and oxygen atoms in total. The van der Waals surface area contributed by atoms with Crippen molar-refractivity contribution < 1.29 is 16.8 Å². The van der Waals surface area contributed by atoms with Crippen molar-refractivity contribution >= 4 is 22.2 Å². The summed E-state index contributed by atoms with van der Waals surface area (Å²) >= 11 is 1.92. The van der Waals surface area contributed by atoms with Crippen LogP contribution in [0.3, 0.4) is 0 Å². The standard InChI is InChI=1S/C16H22O4S2/c1-2-19-22(17,18)20-15-10-8-14-13(15)9-11-16(14)21-12-6-4-3-5-7-12/h3-7,13-16H,2,8-11H2,1H3/t13-,14-,15-,16+/m0/s1. The Balaban J connectivity index is 1.62. The lowest BCUT2D eigenvalue weighted by Crippen LogP contribution is -2.25. The van der Waals surface area contributed by atoms with Gasteiger partial charge in [-0.25, -0.2) is 8.37 Å². The van der Waals surface area contributed by atoms with E-state index in [1.54, 1.807) is 6.92 Å². The highest BCUT2D eigenvalue weighted by Crippen LogP contribution is 2.51. The molecule has 0 saturated heterocycles. The summed E-state index contributed by atoms with van der Waals surface area (Å²) in [6.07, 6.45) is 3.82. The highest BCUT2D eigenvalue weighted by atomic mass is 32.3. The Bertz CT molecular complexity index is 587. The van der Waals surface area contributed by atoms with Crippen molar-refractivity contribution in [2.45, 2.75) is 48.9 Å². The summed E-state index contributed by atoms with van der Waals surface area (Å²) < 4.78 is 33.4. The molecule has 6 heteroatoms. The number of thioether (sulfide) groups is 1. The van der Waals surface area contributed by atoms with Crippen molar-refractivity contribution in [2.24, 2.45) is 11.8 Å². The summed E-state index contributed by atoms with van der Waals surface area (Å²) in [4.78, 5) is 1.29. The summed E-state index contributed by atoms with van der Waals surface area (Å²) in [5.74, 6) is 0.892. The second kappa shape index (κ2) is 6.91. The average Bonchev–Trinajstić information content (AvgIpc) is 3.04. The van der Waals surface area contributed by atoms with Crippen LogP contribution in [-0.4, -0.2) is 26.4 Å². The van der Waals surface area contributed by atoms with E-state index in [0.29, 0.717) is 17.1 Å². The molecule has 0 aliphatic heterocycles. The monoisotopic (exact) mass is 342 g/mol. The van der Waals surface area contributed by atoms with Gasteiger partial charge in [-0.15, -0.1) is 11.8 Å². The molecule has 122 valence electrons. The van der Waals surface area contributed by atoms with Gasteiger partial charge in [0.1, 0.15) is 0 Å². The quantitative estimate of drug-likeness (QED) is 0.790. The van der Waals surface area contributed by atoms with E-state index in [4.69, 9.17) is 8.37 Å². The fourth-order valence-corrected chi connectivity index (χ4v) is 6.07. The van der Waals surface area contributed by atoms with Crippen LogP contribution >= 0.6 is 11.8 Å². The van der Waals surface area contributed by atoms with Crippen molar-refractivity contribution in [1.82, 2.24) is 0 Å². The molecule has 0 spiro atoms. The van der Waals surface area contributed by atoms with Crippen molar-refractivity contribution in [1.29, 1.82) is 0 Å². The minimum Gasteiger partial charge on any atom is -0.248 e. The maximum absolute atomic E-state index is 11.7. The lowest BCUT2D eigenvalue weighted by molar-refractivity contribution is 0.124. The van der Waals surface area contributed by atoms with Crippen molar-refractivity contribution in [2.75, 3.05) is 6.61 Å². The first-order valence-corrected chi connectivity index (χ1v) is 10.1. The van der Waals surface area contributed by atoms with Gasteiger partial charge in [-0.3, -0.25) is 0 Å². The molecule has 1 aromatic rings. The summed E-state index contributed by atoms with van der Waals surface area (Å²) in [6, 6.07) is 10.4. The molecule has 2 aliphatic carbocycles. The summed E-state index contributed by atoms with van der Waals surface area (Å²) in [7, 11) is -3.84. The third kappa shape index (κ3) is 3.67. The van der Waals surface area contributed by atoms with Crippen LogP contribution in [0, 0.1) is 11.8 Å². The zero-order valence-corrected chi connectivity index (χ0v) is 14.3. The van der Waals surface area contributed by atoms with Gasteiger partial charge in [-0.1, -0.05) is 18.2 Å². The lowest BCUT2D eigenvalue weighted by Gasteiger charge is -2.20. The van der Waals surface area contributed by atoms with Gasteiger partial charge in [-0.05, 0) is 56.6 Å². The van der Waals surface area contributed by atoms with Gasteiger partial charge in [-0.2, -0.15) is 8.42 Å². The number of rotatable bonds is 6. The molecule has 1 aromatic carbocycles. The van der Waals surface area contributed by atoms with Crippen molar-refractivity contribution in [3.05, 3.63) is 30.3 Å².